The normalized spacial score (nSPS) is 10.2. The Balaban J connectivity index is 1.76. The van der Waals surface area contributed by atoms with E-state index in [4.69, 9.17) is 9.47 Å². The van der Waals surface area contributed by atoms with Crippen LogP contribution in [0.15, 0.2) is 41.8 Å². The molecule has 0 bridgehead atoms. The van der Waals surface area contributed by atoms with Crippen LogP contribution in [0, 0.1) is 0 Å². The molecule has 7 heteroatoms. The average molecular weight is 365 g/mol. The van der Waals surface area contributed by atoms with Crippen molar-refractivity contribution in [3.05, 3.63) is 46.7 Å². The maximum absolute atomic E-state index is 12.0. The maximum Gasteiger partial charge on any atom is 0.344 e. The maximum atomic E-state index is 12.0. The van der Waals surface area contributed by atoms with Crippen molar-refractivity contribution in [3.63, 3.8) is 0 Å². The number of carbonyl (C=O) groups excluding carboxylic acids is 2. The van der Waals surface area contributed by atoms with E-state index in [-0.39, 0.29) is 12.5 Å². The van der Waals surface area contributed by atoms with Crippen LogP contribution in [0.4, 0.5) is 5.69 Å². The number of nitrogens with one attached hydrogen (secondary N) is 1. The first-order chi connectivity index (χ1) is 11.7. The van der Waals surface area contributed by atoms with Gasteiger partial charge in [-0.2, -0.15) is 0 Å². The SMILES string of the molecule is CCOC(=O)COc1cccc(NC(=O)CSCc2cccs2)c1. The van der Waals surface area contributed by atoms with Gasteiger partial charge in [-0.1, -0.05) is 12.1 Å². The number of thiophene rings is 1. The number of amides is 1. The van der Waals surface area contributed by atoms with E-state index in [1.54, 1.807) is 54.3 Å². The molecule has 0 aliphatic carbocycles. The van der Waals surface area contributed by atoms with Gasteiger partial charge in [0.25, 0.3) is 0 Å². The molecule has 0 saturated carbocycles. The molecule has 0 aliphatic heterocycles. The molecular weight excluding hydrogens is 346 g/mol. The Morgan fingerprint density at radius 1 is 1.25 bits per heavy atom. The second kappa shape index (κ2) is 10.00. The summed E-state index contributed by atoms with van der Waals surface area (Å²) >= 11 is 3.25. The number of rotatable bonds is 9. The summed E-state index contributed by atoms with van der Waals surface area (Å²) in [4.78, 5) is 24.5. The van der Waals surface area contributed by atoms with Gasteiger partial charge in [-0.25, -0.2) is 4.79 Å². The zero-order valence-corrected chi connectivity index (χ0v) is 15.0. The van der Waals surface area contributed by atoms with Crippen molar-refractivity contribution in [1.82, 2.24) is 0 Å². The first kappa shape index (κ1) is 18.4. The molecule has 0 radical (unpaired) electrons. The number of carbonyl (C=O) groups is 2. The monoisotopic (exact) mass is 365 g/mol. The fraction of sp³-hybridized carbons (Fsp3) is 0.294. The molecule has 0 saturated heterocycles. The Morgan fingerprint density at radius 3 is 2.88 bits per heavy atom. The minimum Gasteiger partial charge on any atom is -0.482 e. The van der Waals surface area contributed by atoms with E-state index in [1.165, 1.54) is 4.88 Å². The molecule has 5 nitrogen and oxygen atoms in total. The predicted molar refractivity (Wildman–Crippen MR) is 97.7 cm³/mol. The van der Waals surface area contributed by atoms with Crippen molar-refractivity contribution < 1.29 is 19.1 Å². The Labute approximate surface area is 149 Å². The molecule has 2 aromatic rings. The van der Waals surface area contributed by atoms with E-state index in [1.807, 2.05) is 11.4 Å². The van der Waals surface area contributed by atoms with E-state index in [0.29, 0.717) is 23.8 Å². The fourth-order valence-electron chi connectivity index (χ4n) is 1.84. The third kappa shape index (κ3) is 6.64. The topological polar surface area (TPSA) is 64.6 Å². The van der Waals surface area contributed by atoms with Crippen LogP contribution >= 0.6 is 23.1 Å². The highest BCUT2D eigenvalue weighted by atomic mass is 32.2. The van der Waals surface area contributed by atoms with E-state index in [0.717, 1.165) is 5.75 Å². The highest BCUT2D eigenvalue weighted by Gasteiger charge is 2.06. The summed E-state index contributed by atoms with van der Waals surface area (Å²) in [7, 11) is 0. The lowest BCUT2D eigenvalue weighted by molar-refractivity contribution is -0.145. The molecule has 0 spiro atoms. The van der Waals surface area contributed by atoms with Gasteiger partial charge in [0, 0.05) is 22.4 Å². The summed E-state index contributed by atoms with van der Waals surface area (Å²) < 4.78 is 10.1. The number of hydrogen-bond donors (Lipinski definition) is 1. The number of anilines is 1. The minimum absolute atomic E-state index is 0.0703. The van der Waals surface area contributed by atoms with Crippen LogP contribution in [0.25, 0.3) is 0 Å². The van der Waals surface area contributed by atoms with Crippen molar-refractivity contribution in [3.8, 4) is 5.75 Å². The van der Waals surface area contributed by atoms with Gasteiger partial charge in [-0.05, 0) is 30.5 Å². The summed E-state index contributed by atoms with van der Waals surface area (Å²) in [6, 6.07) is 11.0. The number of ether oxygens (including phenoxy) is 2. The Bertz CT molecular complexity index is 658. The Kier molecular flexibility index (Phi) is 7.64. The Morgan fingerprint density at radius 2 is 2.12 bits per heavy atom. The van der Waals surface area contributed by atoms with Crippen LogP contribution in [0.5, 0.6) is 5.75 Å². The summed E-state index contributed by atoms with van der Waals surface area (Å²) in [6.07, 6.45) is 0. The molecule has 0 aliphatic rings. The number of esters is 1. The molecule has 0 unspecified atom stereocenters. The first-order valence-corrected chi connectivity index (χ1v) is 9.49. The standard InChI is InChI=1S/C17H19NO4S2/c1-2-21-17(20)10-22-14-6-3-5-13(9-14)18-16(19)12-23-11-15-7-4-8-24-15/h3-9H,2,10-12H2,1H3,(H,18,19). The zero-order chi connectivity index (χ0) is 17.2. The van der Waals surface area contributed by atoms with Crippen LogP contribution in [0.1, 0.15) is 11.8 Å². The average Bonchev–Trinajstić information content (AvgIpc) is 3.07. The predicted octanol–water partition coefficient (Wildman–Crippen LogP) is 3.56. The number of benzene rings is 1. The molecule has 24 heavy (non-hydrogen) atoms. The smallest absolute Gasteiger partial charge is 0.344 e. The van der Waals surface area contributed by atoms with Gasteiger partial charge in [-0.3, -0.25) is 4.79 Å². The van der Waals surface area contributed by atoms with E-state index >= 15 is 0 Å². The van der Waals surface area contributed by atoms with Crippen molar-refractivity contribution in [2.24, 2.45) is 0 Å². The lowest BCUT2D eigenvalue weighted by Crippen LogP contribution is -2.15. The third-order valence-electron chi connectivity index (χ3n) is 2.84. The molecule has 2 rings (SSSR count). The molecule has 1 amide bonds. The van der Waals surface area contributed by atoms with Crippen molar-refractivity contribution in [2.75, 3.05) is 24.3 Å². The summed E-state index contributed by atoms with van der Waals surface area (Å²) in [5.74, 6) is 1.22. The largest absolute Gasteiger partial charge is 0.482 e. The van der Waals surface area contributed by atoms with E-state index < -0.39 is 5.97 Å². The second-order valence-electron chi connectivity index (χ2n) is 4.74. The van der Waals surface area contributed by atoms with Crippen molar-refractivity contribution >= 4 is 40.7 Å². The lowest BCUT2D eigenvalue weighted by Gasteiger charge is -2.09. The molecule has 1 N–H and O–H groups in total. The second-order valence-corrected chi connectivity index (χ2v) is 6.76. The van der Waals surface area contributed by atoms with Gasteiger partial charge in [0.05, 0.1) is 12.4 Å². The lowest BCUT2D eigenvalue weighted by atomic mass is 10.3. The molecule has 1 aromatic heterocycles. The van der Waals surface area contributed by atoms with Gasteiger partial charge in [0.15, 0.2) is 6.61 Å². The van der Waals surface area contributed by atoms with Gasteiger partial charge in [-0.15, -0.1) is 23.1 Å². The van der Waals surface area contributed by atoms with Gasteiger partial charge in [0.1, 0.15) is 5.75 Å². The van der Waals surface area contributed by atoms with Crippen LogP contribution in [0.3, 0.4) is 0 Å². The zero-order valence-electron chi connectivity index (χ0n) is 13.3. The molecule has 0 atom stereocenters. The first-order valence-electron chi connectivity index (χ1n) is 7.46. The summed E-state index contributed by atoms with van der Waals surface area (Å²) in [5, 5.41) is 4.85. The summed E-state index contributed by atoms with van der Waals surface area (Å²) in [6.45, 7) is 1.91. The van der Waals surface area contributed by atoms with Gasteiger partial charge >= 0.3 is 5.97 Å². The van der Waals surface area contributed by atoms with Crippen molar-refractivity contribution in [2.45, 2.75) is 12.7 Å². The molecular formula is C17H19NO4S2. The van der Waals surface area contributed by atoms with Crippen molar-refractivity contribution in [1.29, 1.82) is 0 Å². The third-order valence-corrected chi connectivity index (χ3v) is 4.88. The number of thioether (sulfide) groups is 1. The van der Waals surface area contributed by atoms with Crippen LogP contribution in [0.2, 0.25) is 0 Å². The number of hydrogen-bond acceptors (Lipinski definition) is 6. The summed E-state index contributed by atoms with van der Waals surface area (Å²) in [5.41, 5.74) is 0.637. The minimum atomic E-state index is -0.420. The molecule has 0 fully saturated rings. The molecule has 1 heterocycles. The van der Waals surface area contributed by atoms with Gasteiger partial charge < -0.3 is 14.8 Å². The fourth-order valence-corrected chi connectivity index (χ4v) is 3.51. The van der Waals surface area contributed by atoms with Crippen LogP contribution in [-0.4, -0.2) is 30.8 Å². The van der Waals surface area contributed by atoms with E-state index in [9.17, 15) is 9.59 Å². The quantitative estimate of drug-likeness (QED) is 0.688. The van der Waals surface area contributed by atoms with E-state index in [2.05, 4.69) is 11.4 Å². The molecule has 1 aromatic carbocycles. The highest BCUT2D eigenvalue weighted by Crippen LogP contribution is 2.19. The van der Waals surface area contributed by atoms with Crippen LogP contribution < -0.4 is 10.1 Å². The Hall–Kier alpha value is -1.99. The van der Waals surface area contributed by atoms with Gasteiger partial charge in [0.2, 0.25) is 5.91 Å². The van der Waals surface area contributed by atoms with Crippen LogP contribution in [-0.2, 0) is 20.1 Å². The highest BCUT2D eigenvalue weighted by molar-refractivity contribution is 7.99. The molecule has 128 valence electrons.